The molecule has 0 aliphatic carbocycles. The fraction of sp³-hybridized carbons (Fsp3) is 0.650. The van der Waals surface area contributed by atoms with Crippen LogP contribution < -0.4 is 4.90 Å². The van der Waals surface area contributed by atoms with Gasteiger partial charge in [-0.2, -0.15) is 0 Å². The van der Waals surface area contributed by atoms with Crippen LogP contribution in [0, 0.1) is 0 Å². The zero-order valence-corrected chi connectivity index (χ0v) is 16.6. The maximum Gasteiger partial charge on any atom is 0.168 e. The van der Waals surface area contributed by atoms with Crippen molar-refractivity contribution < 1.29 is 0 Å². The fourth-order valence-corrected chi connectivity index (χ4v) is 3.68. The van der Waals surface area contributed by atoms with Crippen LogP contribution in [-0.2, 0) is 5.54 Å². The van der Waals surface area contributed by atoms with E-state index in [1.165, 1.54) is 18.5 Å². The third-order valence-electron chi connectivity index (χ3n) is 5.13. The third-order valence-corrected chi connectivity index (χ3v) is 5.13. The van der Waals surface area contributed by atoms with Gasteiger partial charge in [0.25, 0.3) is 0 Å². The van der Waals surface area contributed by atoms with E-state index >= 15 is 0 Å². The van der Waals surface area contributed by atoms with Crippen LogP contribution in [0.1, 0.15) is 58.8 Å². The number of rotatable bonds is 6. The SMILES string of the molecule is CCCCC(c1nnnn1C(C)(C)C)N1CCN(c2ccccc2)CC1. The molecule has 0 saturated carbocycles. The minimum absolute atomic E-state index is 0.102. The lowest BCUT2D eigenvalue weighted by molar-refractivity contribution is 0.155. The van der Waals surface area contributed by atoms with E-state index in [0.29, 0.717) is 6.04 Å². The summed E-state index contributed by atoms with van der Waals surface area (Å²) in [6, 6.07) is 11.0. The quantitative estimate of drug-likeness (QED) is 0.793. The van der Waals surface area contributed by atoms with Crippen LogP contribution in [0.4, 0.5) is 5.69 Å². The van der Waals surface area contributed by atoms with Gasteiger partial charge in [-0.25, -0.2) is 4.68 Å². The van der Waals surface area contributed by atoms with Crippen molar-refractivity contribution in [1.82, 2.24) is 25.1 Å². The first-order valence-corrected chi connectivity index (χ1v) is 9.83. The van der Waals surface area contributed by atoms with Crippen molar-refractivity contribution in [1.29, 1.82) is 0 Å². The van der Waals surface area contributed by atoms with Gasteiger partial charge in [0.2, 0.25) is 0 Å². The summed E-state index contributed by atoms with van der Waals surface area (Å²) in [6.07, 6.45) is 3.50. The maximum absolute atomic E-state index is 4.43. The molecule has 1 aromatic heterocycles. The van der Waals surface area contributed by atoms with Crippen LogP contribution in [0.3, 0.4) is 0 Å². The van der Waals surface area contributed by atoms with Gasteiger partial charge in [-0.1, -0.05) is 38.0 Å². The summed E-state index contributed by atoms with van der Waals surface area (Å²) in [4.78, 5) is 5.04. The summed E-state index contributed by atoms with van der Waals surface area (Å²) in [5, 5.41) is 12.7. The molecule has 6 nitrogen and oxygen atoms in total. The molecule has 2 heterocycles. The molecule has 0 bridgehead atoms. The van der Waals surface area contributed by atoms with Crippen molar-refractivity contribution >= 4 is 5.69 Å². The highest BCUT2D eigenvalue weighted by atomic mass is 15.6. The molecule has 0 amide bonds. The molecule has 1 aliphatic rings. The van der Waals surface area contributed by atoms with Gasteiger partial charge in [-0.15, -0.1) is 5.10 Å². The van der Waals surface area contributed by atoms with Gasteiger partial charge in [0.15, 0.2) is 5.82 Å². The molecule has 1 atom stereocenters. The lowest BCUT2D eigenvalue weighted by Gasteiger charge is -2.40. The Kier molecular flexibility index (Phi) is 5.91. The number of nitrogens with zero attached hydrogens (tertiary/aromatic N) is 6. The van der Waals surface area contributed by atoms with E-state index in [-0.39, 0.29) is 5.54 Å². The number of hydrogen-bond donors (Lipinski definition) is 0. The lowest BCUT2D eigenvalue weighted by Crippen LogP contribution is -2.48. The molecule has 1 fully saturated rings. The molecule has 2 aromatic rings. The Morgan fingerprint density at radius 2 is 1.73 bits per heavy atom. The van der Waals surface area contributed by atoms with E-state index in [0.717, 1.165) is 38.4 Å². The van der Waals surface area contributed by atoms with E-state index in [4.69, 9.17) is 0 Å². The molecule has 1 saturated heterocycles. The van der Waals surface area contributed by atoms with Gasteiger partial charge in [0.1, 0.15) is 0 Å². The first-order chi connectivity index (χ1) is 12.5. The molecule has 0 N–H and O–H groups in total. The molecule has 6 heteroatoms. The Balaban J connectivity index is 1.75. The standard InChI is InChI=1S/C20H32N6/c1-5-6-12-18(19-21-22-23-26(19)20(2,3)4)25-15-13-24(14-16-25)17-10-8-7-9-11-17/h7-11,18H,5-6,12-16H2,1-4H3. The first-order valence-electron chi connectivity index (χ1n) is 9.83. The number of hydrogen-bond acceptors (Lipinski definition) is 5. The highest BCUT2D eigenvalue weighted by Crippen LogP contribution is 2.29. The van der Waals surface area contributed by atoms with E-state index in [2.05, 4.69) is 83.4 Å². The molecule has 0 spiro atoms. The number of para-hydroxylation sites is 1. The second-order valence-electron chi connectivity index (χ2n) is 8.14. The number of tetrazole rings is 1. The van der Waals surface area contributed by atoms with Gasteiger partial charge in [0.05, 0.1) is 11.6 Å². The topological polar surface area (TPSA) is 50.1 Å². The maximum atomic E-state index is 4.43. The monoisotopic (exact) mass is 356 g/mol. The first kappa shape index (κ1) is 18.8. The number of unbranched alkanes of at least 4 members (excludes halogenated alkanes) is 1. The van der Waals surface area contributed by atoms with Crippen molar-refractivity contribution in [3.8, 4) is 0 Å². The summed E-state index contributed by atoms with van der Waals surface area (Å²) < 4.78 is 2.01. The number of piperazine rings is 1. The van der Waals surface area contributed by atoms with Gasteiger partial charge >= 0.3 is 0 Å². The number of benzene rings is 1. The predicted molar refractivity (Wildman–Crippen MR) is 105 cm³/mol. The molecule has 142 valence electrons. The fourth-order valence-electron chi connectivity index (χ4n) is 3.68. The Hall–Kier alpha value is -1.95. The van der Waals surface area contributed by atoms with Crippen LogP contribution >= 0.6 is 0 Å². The molecule has 1 aliphatic heterocycles. The molecular formula is C20H32N6. The molecular weight excluding hydrogens is 324 g/mol. The normalized spacial score (nSPS) is 17.5. The minimum Gasteiger partial charge on any atom is -0.369 e. The number of aromatic nitrogens is 4. The summed E-state index contributed by atoms with van der Waals surface area (Å²) in [6.45, 7) is 12.9. The van der Waals surface area contributed by atoms with Gasteiger partial charge in [-0.05, 0) is 49.8 Å². The Morgan fingerprint density at radius 3 is 2.35 bits per heavy atom. The Morgan fingerprint density at radius 1 is 1.04 bits per heavy atom. The van der Waals surface area contributed by atoms with Crippen molar-refractivity contribution in [3.63, 3.8) is 0 Å². The highest BCUT2D eigenvalue weighted by molar-refractivity contribution is 5.46. The van der Waals surface area contributed by atoms with Crippen LogP contribution in [0.5, 0.6) is 0 Å². The van der Waals surface area contributed by atoms with Crippen molar-refractivity contribution in [2.45, 2.75) is 58.5 Å². The predicted octanol–water partition coefficient (Wildman–Crippen LogP) is 3.48. The van der Waals surface area contributed by atoms with Gasteiger partial charge in [0, 0.05) is 31.9 Å². The minimum atomic E-state index is -0.102. The van der Waals surface area contributed by atoms with Crippen LogP contribution in [0.2, 0.25) is 0 Å². The molecule has 3 rings (SSSR count). The second kappa shape index (κ2) is 8.16. The summed E-state index contributed by atoms with van der Waals surface area (Å²) in [5.41, 5.74) is 1.21. The summed E-state index contributed by atoms with van der Waals surface area (Å²) in [5.74, 6) is 1.01. The average molecular weight is 357 g/mol. The van der Waals surface area contributed by atoms with E-state index in [9.17, 15) is 0 Å². The number of anilines is 1. The van der Waals surface area contributed by atoms with Crippen LogP contribution in [0.15, 0.2) is 30.3 Å². The average Bonchev–Trinajstić information content (AvgIpc) is 3.13. The van der Waals surface area contributed by atoms with Crippen LogP contribution in [0.25, 0.3) is 0 Å². The molecule has 0 radical (unpaired) electrons. The van der Waals surface area contributed by atoms with Crippen molar-refractivity contribution in [2.75, 3.05) is 31.1 Å². The highest BCUT2D eigenvalue weighted by Gasteiger charge is 2.31. The molecule has 1 aromatic carbocycles. The summed E-state index contributed by atoms with van der Waals surface area (Å²) >= 11 is 0. The zero-order chi connectivity index (χ0) is 18.6. The van der Waals surface area contributed by atoms with Gasteiger partial charge in [-0.3, -0.25) is 4.90 Å². The molecule has 26 heavy (non-hydrogen) atoms. The van der Waals surface area contributed by atoms with E-state index in [1.807, 2.05) is 4.68 Å². The smallest absolute Gasteiger partial charge is 0.168 e. The Labute approximate surface area is 157 Å². The van der Waals surface area contributed by atoms with Crippen LogP contribution in [-0.4, -0.2) is 51.3 Å². The third kappa shape index (κ3) is 4.23. The second-order valence-corrected chi connectivity index (χ2v) is 8.14. The summed E-state index contributed by atoms with van der Waals surface area (Å²) in [7, 11) is 0. The Bertz CT molecular complexity index is 667. The van der Waals surface area contributed by atoms with Crippen molar-refractivity contribution in [3.05, 3.63) is 36.2 Å². The lowest BCUT2D eigenvalue weighted by atomic mass is 10.0. The van der Waals surface area contributed by atoms with Crippen molar-refractivity contribution in [2.24, 2.45) is 0 Å². The van der Waals surface area contributed by atoms with E-state index in [1.54, 1.807) is 0 Å². The molecule has 1 unspecified atom stereocenters. The van der Waals surface area contributed by atoms with Gasteiger partial charge < -0.3 is 4.90 Å². The van der Waals surface area contributed by atoms with E-state index < -0.39 is 0 Å². The zero-order valence-electron chi connectivity index (χ0n) is 16.6. The largest absolute Gasteiger partial charge is 0.369 e.